The van der Waals surface area contributed by atoms with E-state index in [-0.39, 0.29) is 6.10 Å². The quantitative estimate of drug-likeness (QED) is 0.830. The molecule has 1 aliphatic heterocycles. The Balaban J connectivity index is 1.57. The first-order valence-electron chi connectivity index (χ1n) is 7.84. The van der Waals surface area contributed by atoms with Crippen LogP contribution in [-0.4, -0.2) is 31.9 Å². The molecule has 1 aromatic rings. The molecule has 1 N–H and O–H groups in total. The number of rotatable bonds is 7. The van der Waals surface area contributed by atoms with Crippen molar-refractivity contribution in [3.8, 4) is 0 Å². The molecule has 2 fully saturated rings. The topological polar surface area (TPSA) is 30.5 Å². The molecule has 1 heterocycles. The Kier molecular flexibility index (Phi) is 4.71. The zero-order valence-corrected chi connectivity index (χ0v) is 12.3. The Labute approximate surface area is 121 Å². The van der Waals surface area contributed by atoms with Crippen LogP contribution in [0.5, 0.6) is 0 Å². The van der Waals surface area contributed by atoms with Crippen molar-refractivity contribution in [2.75, 3.05) is 19.8 Å². The van der Waals surface area contributed by atoms with E-state index in [0.717, 1.165) is 19.6 Å². The van der Waals surface area contributed by atoms with Gasteiger partial charge in [0.15, 0.2) is 0 Å². The molecule has 20 heavy (non-hydrogen) atoms. The third kappa shape index (κ3) is 4.05. The Morgan fingerprint density at radius 3 is 2.70 bits per heavy atom. The molecule has 1 saturated carbocycles. The van der Waals surface area contributed by atoms with Crippen molar-refractivity contribution in [2.24, 2.45) is 0 Å². The van der Waals surface area contributed by atoms with Crippen molar-refractivity contribution in [1.82, 2.24) is 5.32 Å². The first kappa shape index (κ1) is 14.1. The van der Waals surface area contributed by atoms with E-state index < -0.39 is 0 Å². The second-order valence-corrected chi connectivity index (χ2v) is 6.05. The largest absolute Gasteiger partial charge is 0.376 e. The smallest absolute Gasteiger partial charge is 0.0950 e. The minimum atomic E-state index is 0.139. The van der Waals surface area contributed by atoms with Gasteiger partial charge in [-0.25, -0.2) is 0 Å². The van der Waals surface area contributed by atoms with Crippen LogP contribution in [0.3, 0.4) is 0 Å². The predicted molar refractivity (Wildman–Crippen MR) is 79.9 cm³/mol. The van der Waals surface area contributed by atoms with Gasteiger partial charge in [0.25, 0.3) is 0 Å². The SMILES string of the molecule is Cc1ccc(C(CNC2CC2)OCC2CCCO2)cc1. The Morgan fingerprint density at radius 1 is 1.25 bits per heavy atom. The molecule has 3 rings (SSSR count). The van der Waals surface area contributed by atoms with Crippen LogP contribution in [0.2, 0.25) is 0 Å². The number of ether oxygens (including phenoxy) is 2. The fourth-order valence-electron chi connectivity index (χ4n) is 2.61. The van der Waals surface area contributed by atoms with Gasteiger partial charge in [-0.15, -0.1) is 0 Å². The predicted octanol–water partition coefficient (Wildman–Crippen LogP) is 2.98. The fraction of sp³-hybridized carbons (Fsp3) is 0.647. The molecule has 3 heteroatoms. The molecule has 110 valence electrons. The third-order valence-electron chi connectivity index (χ3n) is 4.13. The van der Waals surface area contributed by atoms with E-state index in [1.54, 1.807) is 0 Å². The van der Waals surface area contributed by atoms with Crippen LogP contribution < -0.4 is 5.32 Å². The summed E-state index contributed by atoms with van der Waals surface area (Å²) in [6.07, 6.45) is 5.36. The zero-order chi connectivity index (χ0) is 13.8. The van der Waals surface area contributed by atoms with Crippen molar-refractivity contribution in [1.29, 1.82) is 0 Å². The molecule has 0 radical (unpaired) electrons. The van der Waals surface area contributed by atoms with Gasteiger partial charge < -0.3 is 14.8 Å². The second-order valence-electron chi connectivity index (χ2n) is 6.05. The minimum absolute atomic E-state index is 0.139. The lowest BCUT2D eigenvalue weighted by Gasteiger charge is -2.21. The Bertz CT molecular complexity index is 408. The average molecular weight is 275 g/mol. The summed E-state index contributed by atoms with van der Waals surface area (Å²) < 4.78 is 11.8. The summed E-state index contributed by atoms with van der Waals surface area (Å²) in [6, 6.07) is 9.41. The van der Waals surface area contributed by atoms with Crippen molar-refractivity contribution in [2.45, 2.75) is 50.9 Å². The highest BCUT2D eigenvalue weighted by molar-refractivity contribution is 5.23. The molecular weight excluding hydrogens is 250 g/mol. The molecular formula is C17H25NO2. The lowest BCUT2D eigenvalue weighted by molar-refractivity contribution is -0.0210. The van der Waals surface area contributed by atoms with Crippen LogP contribution >= 0.6 is 0 Å². The van der Waals surface area contributed by atoms with E-state index in [9.17, 15) is 0 Å². The van der Waals surface area contributed by atoms with E-state index >= 15 is 0 Å². The first-order valence-corrected chi connectivity index (χ1v) is 7.84. The van der Waals surface area contributed by atoms with Crippen molar-refractivity contribution >= 4 is 0 Å². The summed E-state index contributed by atoms with van der Waals surface area (Å²) in [5.41, 5.74) is 2.56. The van der Waals surface area contributed by atoms with Crippen molar-refractivity contribution < 1.29 is 9.47 Å². The van der Waals surface area contributed by atoms with Crippen LogP contribution in [0.1, 0.15) is 42.9 Å². The molecule has 2 atom stereocenters. The molecule has 0 amide bonds. The number of nitrogens with one attached hydrogen (secondary N) is 1. The molecule has 1 aromatic carbocycles. The van der Waals surface area contributed by atoms with Crippen LogP contribution in [-0.2, 0) is 9.47 Å². The minimum Gasteiger partial charge on any atom is -0.376 e. The van der Waals surface area contributed by atoms with Gasteiger partial charge in [-0.3, -0.25) is 0 Å². The van der Waals surface area contributed by atoms with Crippen LogP contribution in [0, 0.1) is 6.92 Å². The maximum Gasteiger partial charge on any atom is 0.0950 e. The number of hydrogen-bond donors (Lipinski definition) is 1. The third-order valence-corrected chi connectivity index (χ3v) is 4.13. The molecule has 2 unspecified atom stereocenters. The van der Waals surface area contributed by atoms with Gasteiger partial charge >= 0.3 is 0 Å². The lowest BCUT2D eigenvalue weighted by Crippen LogP contribution is -2.27. The van der Waals surface area contributed by atoms with E-state index in [4.69, 9.17) is 9.47 Å². The summed E-state index contributed by atoms with van der Waals surface area (Å²) in [6.45, 7) is 4.63. The van der Waals surface area contributed by atoms with Crippen LogP contribution in [0.4, 0.5) is 0 Å². The van der Waals surface area contributed by atoms with E-state index in [1.807, 2.05) is 0 Å². The first-order chi connectivity index (χ1) is 9.81. The molecule has 1 aliphatic carbocycles. The highest BCUT2D eigenvalue weighted by atomic mass is 16.5. The highest BCUT2D eigenvalue weighted by Crippen LogP contribution is 2.23. The van der Waals surface area contributed by atoms with Crippen LogP contribution in [0.15, 0.2) is 24.3 Å². The van der Waals surface area contributed by atoms with Gasteiger partial charge in [-0.05, 0) is 38.2 Å². The van der Waals surface area contributed by atoms with E-state index in [2.05, 4.69) is 36.5 Å². The van der Waals surface area contributed by atoms with Gasteiger partial charge in [-0.2, -0.15) is 0 Å². The van der Waals surface area contributed by atoms with Crippen molar-refractivity contribution in [3.05, 3.63) is 35.4 Å². The summed E-state index contributed by atoms with van der Waals surface area (Å²) in [7, 11) is 0. The van der Waals surface area contributed by atoms with Gasteiger partial charge in [0.2, 0.25) is 0 Å². The lowest BCUT2D eigenvalue weighted by atomic mass is 10.1. The van der Waals surface area contributed by atoms with Gasteiger partial charge in [0.05, 0.1) is 18.8 Å². The Hall–Kier alpha value is -0.900. The normalized spacial score (nSPS) is 23.9. The molecule has 3 nitrogen and oxygen atoms in total. The van der Waals surface area contributed by atoms with Gasteiger partial charge in [0, 0.05) is 19.2 Å². The maximum absolute atomic E-state index is 6.14. The number of aryl methyl sites for hydroxylation is 1. The fourth-order valence-corrected chi connectivity index (χ4v) is 2.61. The average Bonchev–Trinajstić information content (AvgIpc) is 3.14. The highest BCUT2D eigenvalue weighted by Gasteiger charge is 2.24. The summed E-state index contributed by atoms with van der Waals surface area (Å²) in [4.78, 5) is 0. The van der Waals surface area contributed by atoms with E-state index in [1.165, 1.54) is 30.4 Å². The maximum atomic E-state index is 6.14. The summed E-state index contributed by atoms with van der Waals surface area (Å²) in [5.74, 6) is 0. The van der Waals surface area contributed by atoms with Gasteiger partial charge in [-0.1, -0.05) is 29.8 Å². The van der Waals surface area contributed by atoms with Gasteiger partial charge in [0.1, 0.15) is 0 Å². The molecule has 1 saturated heterocycles. The van der Waals surface area contributed by atoms with E-state index in [0.29, 0.717) is 18.8 Å². The molecule has 0 bridgehead atoms. The summed E-state index contributed by atoms with van der Waals surface area (Å²) in [5, 5.41) is 3.58. The zero-order valence-electron chi connectivity index (χ0n) is 12.3. The summed E-state index contributed by atoms with van der Waals surface area (Å²) >= 11 is 0. The standard InChI is InChI=1S/C17H25NO2/c1-13-4-6-14(7-5-13)17(11-18-15-8-9-15)20-12-16-3-2-10-19-16/h4-7,15-18H,2-3,8-12H2,1H3. The van der Waals surface area contributed by atoms with Crippen LogP contribution in [0.25, 0.3) is 0 Å². The molecule has 0 spiro atoms. The number of hydrogen-bond acceptors (Lipinski definition) is 3. The second kappa shape index (κ2) is 6.70. The Morgan fingerprint density at radius 2 is 2.05 bits per heavy atom. The molecule has 0 aromatic heterocycles. The number of benzene rings is 1. The monoisotopic (exact) mass is 275 g/mol. The van der Waals surface area contributed by atoms with Crippen molar-refractivity contribution in [3.63, 3.8) is 0 Å². The molecule has 2 aliphatic rings.